The van der Waals surface area contributed by atoms with Gasteiger partial charge in [0, 0.05) is 23.8 Å². The van der Waals surface area contributed by atoms with Crippen molar-refractivity contribution in [2.75, 3.05) is 0 Å². The minimum atomic E-state index is -0.849. The van der Waals surface area contributed by atoms with Crippen molar-refractivity contribution in [3.63, 3.8) is 0 Å². The van der Waals surface area contributed by atoms with Gasteiger partial charge in [-0.3, -0.25) is 0 Å². The fourth-order valence-corrected chi connectivity index (χ4v) is 2.15. The summed E-state index contributed by atoms with van der Waals surface area (Å²) in [6.07, 6.45) is 0. The second-order valence-electron chi connectivity index (χ2n) is 4.68. The highest BCUT2D eigenvalue weighted by atomic mass is 16.4. The lowest BCUT2D eigenvalue weighted by atomic mass is 10.0. The molecule has 0 radical (unpaired) electrons. The largest absolute Gasteiger partial charge is 0.508 e. The first-order valence-electron chi connectivity index (χ1n) is 6.12. The van der Waals surface area contributed by atoms with Crippen molar-refractivity contribution in [2.45, 2.75) is 0 Å². The van der Waals surface area contributed by atoms with Crippen LogP contribution in [0.2, 0.25) is 0 Å². The van der Waals surface area contributed by atoms with Crippen molar-refractivity contribution in [2.24, 2.45) is 0 Å². The summed E-state index contributed by atoms with van der Waals surface area (Å²) in [4.78, 5) is 12.0. The lowest BCUT2D eigenvalue weighted by Gasteiger charge is -2.08. The van der Waals surface area contributed by atoms with Crippen LogP contribution in [0.25, 0.3) is 22.1 Å². The van der Waals surface area contributed by atoms with E-state index in [0.29, 0.717) is 0 Å². The van der Waals surface area contributed by atoms with Crippen LogP contribution < -0.4 is 5.63 Å². The fraction of sp³-hybridized carbons (Fsp3) is 0. The second-order valence-corrected chi connectivity index (χ2v) is 4.68. The monoisotopic (exact) mass is 302 g/mol. The number of rotatable bonds is 1. The van der Waals surface area contributed by atoms with Crippen LogP contribution in [-0.2, 0) is 0 Å². The van der Waals surface area contributed by atoms with Gasteiger partial charge in [-0.2, -0.15) is 0 Å². The fourth-order valence-electron chi connectivity index (χ4n) is 2.15. The molecule has 0 saturated carbocycles. The molecule has 0 amide bonds. The Labute approximate surface area is 122 Å². The summed E-state index contributed by atoms with van der Waals surface area (Å²) in [6, 6.07) is 5.36. The predicted molar refractivity (Wildman–Crippen MR) is 76.2 cm³/mol. The molecular weight excluding hydrogens is 292 g/mol. The number of hydrogen-bond acceptors (Lipinski definition) is 7. The van der Waals surface area contributed by atoms with E-state index >= 15 is 0 Å². The molecule has 7 heteroatoms. The molecule has 0 bridgehead atoms. The van der Waals surface area contributed by atoms with Crippen molar-refractivity contribution in [1.29, 1.82) is 0 Å². The minimum Gasteiger partial charge on any atom is -0.508 e. The van der Waals surface area contributed by atoms with Crippen molar-refractivity contribution in [3.8, 4) is 39.9 Å². The van der Waals surface area contributed by atoms with Crippen LogP contribution in [0.4, 0.5) is 0 Å². The van der Waals surface area contributed by atoms with E-state index in [0.717, 1.165) is 24.3 Å². The molecule has 0 spiro atoms. The van der Waals surface area contributed by atoms with Gasteiger partial charge in [0.25, 0.3) is 0 Å². The Bertz CT molecular complexity index is 956. The van der Waals surface area contributed by atoms with Crippen LogP contribution in [0.5, 0.6) is 28.7 Å². The van der Waals surface area contributed by atoms with Crippen LogP contribution in [0.1, 0.15) is 0 Å². The lowest BCUT2D eigenvalue weighted by Crippen LogP contribution is -2.03. The summed E-state index contributed by atoms with van der Waals surface area (Å²) < 4.78 is 5.00. The molecule has 5 N–H and O–H groups in total. The summed E-state index contributed by atoms with van der Waals surface area (Å²) in [5, 5.41) is 48.0. The molecule has 0 saturated heterocycles. The van der Waals surface area contributed by atoms with E-state index in [2.05, 4.69) is 0 Å². The molecule has 3 aromatic rings. The molecule has 1 aromatic heterocycles. The Morgan fingerprint density at radius 2 is 1.36 bits per heavy atom. The highest BCUT2D eigenvalue weighted by Gasteiger charge is 2.16. The average Bonchev–Trinajstić information content (AvgIpc) is 2.42. The van der Waals surface area contributed by atoms with E-state index in [1.807, 2.05) is 0 Å². The van der Waals surface area contributed by atoms with Gasteiger partial charge < -0.3 is 29.9 Å². The molecular formula is C15H10O7. The minimum absolute atomic E-state index is 0.0336. The van der Waals surface area contributed by atoms with E-state index in [1.165, 1.54) is 6.07 Å². The van der Waals surface area contributed by atoms with E-state index in [9.17, 15) is 30.3 Å². The van der Waals surface area contributed by atoms with Gasteiger partial charge in [0.1, 0.15) is 22.8 Å². The molecule has 0 unspecified atom stereocenters. The molecule has 0 atom stereocenters. The van der Waals surface area contributed by atoms with Gasteiger partial charge in [-0.1, -0.05) is 0 Å². The maximum Gasteiger partial charge on any atom is 0.344 e. The first-order chi connectivity index (χ1) is 10.4. The molecule has 0 aliphatic heterocycles. The summed E-state index contributed by atoms with van der Waals surface area (Å²) in [5.74, 6) is -2.10. The zero-order valence-electron chi connectivity index (χ0n) is 10.9. The summed E-state index contributed by atoms with van der Waals surface area (Å²) in [7, 11) is 0. The van der Waals surface area contributed by atoms with Gasteiger partial charge in [-0.15, -0.1) is 0 Å². The van der Waals surface area contributed by atoms with Gasteiger partial charge in [0.15, 0.2) is 11.5 Å². The van der Waals surface area contributed by atoms with Gasteiger partial charge in [0.05, 0.1) is 10.9 Å². The Morgan fingerprint density at radius 3 is 2.09 bits per heavy atom. The number of phenols is 5. The van der Waals surface area contributed by atoms with Gasteiger partial charge in [-0.25, -0.2) is 4.79 Å². The van der Waals surface area contributed by atoms with Gasteiger partial charge >= 0.3 is 5.63 Å². The van der Waals surface area contributed by atoms with Crippen LogP contribution in [0, 0.1) is 0 Å². The average molecular weight is 302 g/mol. The topological polar surface area (TPSA) is 131 Å². The number of fused-ring (bicyclic) bond motifs is 1. The molecule has 0 fully saturated rings. The molecule has 22 heavy (non-hydrogen) atoms. The SMILES string of the molecule is O=c1oc2cc(O)cc(O)c2cc1-c1cc(O)c(O)cc1O. The Kier molecular flexibility index (Phi) is 2.84. The molecule has 112 valence electrons. The maximum atomic E-state index is 12.0. The standard InChI is InChI=1S/C15H10O7/c16-6-1-10(17)9-3-8(15(21)22-14(9)2-6)7-4-12(19)13(20)5-11(7)18/h1-5,16-20H. The highest BCUT2D eigenvalue weighted by Crippen LogP contribution is 2.39. The van der Waals surface area contributed by atoms with Crippen LogP contribution >= 0.6 is 0 Å². The van der Waals surface area contributed by atoms with Crippen LogP contribution in [0.3, 0.4) is 0 Å². The summed E-state index contributed by atoms with van der Waals surface area (Å²) in [6.45, 7) is 0. The third kappa shape index (κ3) is 2.05. The molecule has 7 nitrogen and oxygen atoms in total. The molecule has 0 aliphatic rings. The summed E-state index contributed by atoms with van der Waals surface area (Å²) >= 11 is 0. The predicted octanol–water partition coefficient (Wildman–Crippen LogP) is 1.99. The number of benzene rings is 2. The quantitative estimate of drug-likeness (QED) is 0.264. The zero-order chi connectivity index (χ0) is 16.0. The van der Waals surface area contributed by atoms with Crippen molar-refractivity contribution in [3.05, 3.63) is 40.8 Å². The smallest absolute Gasteiger partial charge is 0.344 e. The van der Waals surface area contributed by atoms with E-state index in [-0.39, 0.29) is 33.6 Å². The second kappa shape index (κ2) is 4.59. The normalized spacial score (nSPS) is 10.9. The molecule has 0 aliphatic carbocycles. The van der Waals surface area contributed by atoms with Crippen molar-refractivity contribution < 1.29 is 29.9 Å². The molecule has 2 aromatic carbocycles. The van der Waals surface area contributed by atoms with Crippen molar-refractivity contribution >= 4 is 11.0 Å². The van der Waals surface area contributed by atoms with Gasteiger partial charge in [-0.05, 0) is 12.1 Å². The first kappa shape index (κ1) is 13.6. The van der Waals surface area contributed by atoms with E-state index in [1.54, 1.807) is 0 Å². The zero-order valence-corrected chi connectivity index (χ0v) is 10.9. The molecule has 3 rings (SSSR count). The maximum absolute atomic E-state index is 12.0. The third-order valence-corrected chi connectivity index (χ3v) is 3.20. The number of hydrogen-bond donors (Lipinski definition) is 5. The third-order valence-electron chi connectivity index (χ3n) is 3.20. The Hall–Kier alpha value is -3.35. The molecule has 1 heterocycles. The Morgan fingerprint density at radius 1 is 0.682 bits per heavy atom. The van der Waals surface area contributed by atoms with Crippen LogP contribution in [0.15, 0.2) is 39.5 Å². The number of phenolic OH excluding ortho intramolecular Hbond substituents is 5. The summed E-state index contributed by atoms with van der Waals surface area (Å²) in [5.41, 5.74) is -1.08. The first-order valence-corrected chi connectivity index (χ1v) is 6.12. The van der Waals surface area contributed by atoms with E-state index in [4.69, 9.17) is 4.42 Å². The van der Waals surface area contributed by atoms with Crippen molar-refractivity contribution in [1.82, 2.24) is 0 Å². The highest BCUT2D eigenvalue weighted by molar-refractivity contribution is 5.89. The van der Waals surface area contributed by atoms with Crippen LogP contribution in [-0.4, -0.2) is 25.5 Å². The Balaban J connectivity index is 2.35. The number of aromatic hydroxyl groups is 5. The lowest BCUT2D eigenvalue weighted by molar-refractivity contribution is 0.397. The van der Waals surface area contributed by atoms with Gasteiger partial charge in [0.2, 0.25) is 0 Å². The van der Waals surface area contributed by atoms with E-state index < -0.39 is 22.9 Å².